The Morgan fingerprint density at radius 1 is 0.556 bits per heavy atom. The molecule has 384 valence electrons. The van der Waals surface area contributed by atoms with Crippen molar-refractivity contribution in [2.24, 2.45) is 0 Å². The topological polar surface area (TPSA) is 215 Å². The van der Waals surface area contributed by atoms with E-state index in [1.54, 1.807) is 79.7 Å². The standard InChI is InChI=1S/C13H11FO2.C12H9FO3.C12H10O3.C8H5F6NO4S2.C2H3N.CH4/c1-8-3-4-9-5-6-10(13(15)16-2)7-11(9)12(8)14;1-16-12(15)8-3-2-7-4-5-10(14)11(13)9(7)6-8;1-15-12(14)9-3-2-8-4-5-11(13)7-10(8)6-9;9-7(10,11)20(16,17)15(6-4-2-1-3-5-6)21(18,19)8(12,13)14;1-2-3;/h3-7H,1-2H3;2-6,14H,1H3;2-7,13H,1H3;1-5H;1H3;1H4. The number of halogens is 8. The van der Waals surface area contributed by atoms with Gasteiger partial charge < -0.3 is 24.4 Å². The van der Waals surface area contributed by atoms with Crippen LogP contribution in [0.3, 0.4) is 0 Å². The van der Waals surface area contributed by atoms with Crippen molar-refractivity contribution in [1.29, 1.82) is 5.26 Å². The van der Waals surface area contributed by atoms with Gasteiger partial charge in [0.25, 0.3) is 0 Å². The number of carbonyl (C=O) groups is 3. The van der Waals surface area contributed by atoms with Crippen LogP contribution >= 0.6 is 0 Å². The van der Waals surface area contributed by atoms with E-state index in [1.807, 2.05) is 12.1 Å². The summed E-state index contributed by atoms with van der Waals surface area (Å²) < 4.78 is 159. The van der Waals surface area contributed by atoms with Crippen LogP contribution in [0.5, 0.6) is 11.5 Å². The van der Waals surface area contributed by atoms with Crippen LogP contribution in [0.25, 0.3) is 32.3 Å². The van der Waals surface area contributed by atoms with Gasteiger partial charge in [-0.05, 0) is 101 Å². The first-order valence-corrected chi connectivity index (χ1v) is 22.4. The Morgan fingerprint density at radius 3 is 1.36 bits per heavy atom. The van der Waals surface area contributed by atoms with Crippen LogP contribution in [0.1, 0.15) is 51.0 Å². The van der Waals surface area contributed by atoms with Crippen molar-refractivity contribution >= 4 is 76.0 Å². The van der Waals surface area contributed by atoms with Gasteiger partial charge in [-0.1, -0.05) is 68.1 Å². The Labute approximate surface area is 406 Å². The van der Waals surface area contributed by atoms with E-state index in [-0.39, 0.29) is 35.9 Å². The summed E-state index contributed by atoms with van der Waals surface area (Å²) in [4.78, 5) is 33.8. The predicted molar refractivity (Wildman–Crippen MR) is 251 cm³/mol. The van der Waals surface area contributed by atoms with Crippen molar-refractivity contribution in [2.75, 3.05) is 25.0 Å². The first kappa shape index (κ1) is 60.1. The molecule has 0 heterocycles. The normalized spacial score (nSPS) is 10.9. The number of benzene rings is 7. The zero-order chi connectivity index (χ0) is 53.6. The highest BCUT2D eigenvalue weighted by Crippen LogP contribution is 2.38. The minimum atomic E-state index is -6.81. The van der Waals surface area contributed by atoms with Gasteiger partial charge in [0.05, 0.1) is 49.8 Å². The maximum atomic E-state index is 13.8. The molecule has 72 heavy (non-hydrogen) atoms. The molecule has 24 heteroatoms. The second kappa shape index (κ2) is 25.2. The number of para-hydroxylation sites is 1. The number of nitrogens with zero attached hydrogens (tertiary/aromatic N) is 2. The lowest BCUT2D eigenvalue weighted by Gasteiger charge is -2.25. The van der Waals surface area contributed by atoms with E-state index < -0.39 is 64.0 Å². The Hall–Kier alpha value is -8.04. The lowest BCUT2D eigenvalue weighted by Crippen LogP contribution is -2.49. The Morgan fingerprint density at radius 2 is 0.931 bits per heavy atom. The minimum Gasteiger partial charge on any atom is -0.508 e. The van der Waals surface area contributed by atoms with Gasteiger partial charge in [0.15, 0.2) is 11.6 Å². The van der Waals surface area contributed by atoms with Crippen LogP contribution in [-0.2, 0) is 34.3 Å². The second-order valence-electron chi connectivity index (χ2n) is 13.8. The van der Waals surface area contributed by atoms with Gasteiger partial charge in [-0.2, -0.15) is 48.4 Å². The first-order chi connectivity index (χ1) is 33.1. The smallest absolute Gasteiger partial charge is 0.508 e. The van der Waals surface area contributed by atoms with E-state index in [0.717, 1.165) is 34.4 Å². The highest BCUT2D eigenvalue weighted by Gasteiger charge is 2.61. The van der Waals surface area contributed by atoms with Crippen molar-refractivity contribution in [2.45, 2.75) is 32.3 Å². The average molecular weight is 1050 g/mol. The number of rotatable bonds is 6. The molecule has 0 fully saturated rings. The molecule has 0 saturated heterocycles. The molecule has 0 unspecified atom stereocenters. The molecule has 7 aromatic rings. The molecule has 0 atom stereocenters. The fourth-order valence-electron chi connectivity index (χ4n) is 5.78. The van der Waals surface area contributed by atoms with E-state index in [9.17, 15) is 76.6 Å². The molecular weight excluding hydrogens is 1010 g/mol. The molecule has 2 N–H and O–H groups in total. The Bertz CT molecular complexity index is 3180. The Balaban J connectivity index is 0.000000323. The van der Waals surface area contributed by atoms with Gasteiger partial charge in [-0.25, -0.2) is 23.2 Å². The number of sulfonamides is 2. The van der Waals surface area contributed by atoms with Gasteiger partial charge >= 0.3 is 49.0 Å². The third-order valence-electron chi connectivity index (χ3n) is 9.16. The summed E-state index contributed by atoms with van der Waals surface area (Å²) in [7, 11) is -9.71. The van der Waals surface area contributed by atoms with Crippen LogP contribution in [0.15, 0.2) is 127 Å². The largest absolute Gasteiger partial charge is 0.517 e. The van der Waals surface area contributed by atoms with Gasteiger partial charge in [-0.3, -0.25) is 0 Å². The molecule has 0 bridgehead atoms. The number of carbonyl (C=O) groups excluding carboxylic acids is 3. The number of phenols is 2. The minimum absolute atomic E-state index is 0. The van der Waals surface area contributed by atoms with Crippen molar-refractivity contribution in [3.05, 3.63) is 161 Å². The molecule has 0 aliphatic heterocycles. The third-order valence-corrected chi connectivity index (χ3v) is 12.8. The molecular formula is C48H42F8N2O12S2. The molecule has 0 aliphatic carbocycles. The second-order valence-corrected chi connectivity index (χ2v) is 17.6. The van der Waals surface area contributed by atoms with Crippen molar-refractivity contribution in [3.63, 3.8) is 0 Å². The van der Waals surface area contributed by atoms with Crippen molar-refractivity contribution in [3.8, 4) is 17.6 Å². The van der Waals surface area contributed by atoms with Crippen molar-refractivity contribution < 1.29 is 90.8 Å². The van der Waals surface area contributed by atoms with E-state index >= 15 is 0 Å². The monoisotopic (exact) mass is 1050 g/mol. The third kappa shape index (κ3) is 14.5. The van der Waals surface area contributed by atoms with E-state index in [0.29, 0.717) is 39.6 Å². The van der Waals surface area contributed by atoms with Crippen LogP contribution in [0, 0.1) is 29.9 Å². The molecule has 7 aromatic carbocycles. The van der Waals surface area contributed by atoms with Crippen LogP contribution in [0.4, 0.5) is 40.8 Å². The number of alkyl halides is 6. The SMILES string of the molecule is C.CC#N.COC(=O)c1ccc2ccc(C)c(F)c2c1.COC(=O)c1ccc2ccc(O)c(F)c2c1.COC(=O)c1ccc2ccc(O)cc2c1.O=S(=O)(N(c1ccccc1)S(=O)(=O)C(F)(F)F)C(F)(F)F. The average Bonchev–Trinajstić information content (AvgIpc) is 3.33. The lowest BCUT2D eigenvalue weighted by atomic mass is 10.0. The quantitative estimate of drug-likeness (QED) is 0.0902. The van der Waals surface area contributed by atoms with Gasteiger partial charge in [0.2, 0.25) is 0 Å². The number of aryl methyl sites for hydroxylation is 1. The molecule has 0 radical (unpaired) electrons. The number of phenolic OH excluding ortho intramolecular Hbond substituents is 2. The highest BCUT2D eigenvalue weighted by atomic mass is 32.3. The summed E-state index contributed by atoms with van der Waals surface area (Å²) in [6.07, 6.45) is 0. The fourth-order valence-corrected chi connectivity index (χ4v) is 8.49. The number of methoxy groups -OCH3 is 3. The maximum Gasteiger partial charge on any atom is 0.517 e. The van der Waals surface area contributed by atoms with Crippen LogP contribution in [-0.4, -0.2) is 77.3 Å². The summed E-state index contributed by atoms with van der Waals surface area (Å²) in [5.74, 6) is -2.64. The van der Waals surface area contributed by atoms with Gasteiger partial charge in [-0.15, -0.1) is 3.71 Å². The maximum absolute atomic E-state index is 13.8. The number of hydrogen-bond acceptors (Lipinski definition) is 13. The number of hydrogen-bond donors (Lipinski definition) is 2. The van der Waals surface area contributed by atoms with E-state index in [4.69, 9.17) is 5.26 Å². The number of ether oxygens (including phenoxy) is 3. The van der Waals surface area contributed by atoms with Crippen molar-refractivity contribution in [1.82, 2.24) is 0 Å². The van der Waals surface area contributed by atoms with E-state index in [1.165, 1.54) is 46.5 Å². The molecule has 0 amide bonds. The van der Waals surface area contributed by atoms with Crippen LogP contribution < -0.4 is 3.71 Å². The van der Waals surface area contributed by atoms with E-state index in [2.05, 4.69) is 14.2 Å². The summed E-state index contributed by atoms with van der Waals surface area (Å²) in [5, 5.41) is 29.7. The first-order valence-electron chi connectivity index (χ1n) is 19.5. The number of nitriles is 1. The summed E-state index contributed by atoms with van der Waals surface area (Å²) in [6.45, 7) is 3.12. The van der Waals surface area contributed by atoms with Gasteiger partial charge in [0.1, 0.15) is 11.6 Å². The molecule has 14 nitrogen and oxygen atoms in total. The zero-order valence-corrected chi connectivity index (χ0v) is 39.0. The number of aromatic hydroxyl groups is 2. The summed E-state index contributed by atoms with van der Waals surface area (Å²) in [5.41, 5.74) is -12.1. The van der Waals surface area contributed by atoms with Crippen LogP contribution in [0.2, 0.25) is 0 Å². The number of esters is 3. The molecule has 0 aliphatic rings. The highest BCUT2D eigenvalue weighted by molar-refractivity contribution is 8.11. The molecule has 7 rings (SSSR count). The number of anilines is 1. The molecule has 0 spiro atoms. The summed E-state index contributed by atoms with van der Waals surface area (Å²) in [6, 6.07) is 31.6. The molecule has 0 aromatic heterocycles. The Kier molecular flexibility index (Phi) is 21.0. The van der Waals surface area contributed by atoms with Gasteiger partial charge in [0, 0.05) is 17.7 Å². The fraction of sp³-hybridized carbons (Fsp3) is 0.167. The molecule has 0 saturated carbocycles. The number of fused-ring (bicyclic) bond motifs is 3. The zero-order valence-electron chi connectivity index (χ0n) is 37.3. The summed E-state index contributed by atoms with van der Waals surface area (Å²) >= 11 is 0. The predicted octanol–water partition coefficient (Wildman–Crippen LogP) is 11.2. The lowest BCUT2D eigenvalue weighted by molar-refractivity contribution is -0.0462.